The summed E-state index contributed by atoms with van der Waals surface area (Å²) in [7, 11) is 0. The van der Waals surface area contributed by atoms with Crippen molar-refractivity contribution in [3.05, 3.63) is 170 Å². The first-order chi connectivity index (χ1) is 23.3. The van der Waals surface area contributed by atoms with Crippen molar-refractivity contribution in [1.29, 1.82) is 0 Å². The minimum atomic E-state index is 1.24. The van der Waals surface area contributed by atoms with Crippen molar-refractivity contribution in [2.24, 2.45) is 0 Å². The fraction of sp³-hybridized carbons (Fsp3) is 0. The van der Waals surface area contributed by atoms with Crippen LogP contribution in [0.15, 0.2) is 170 Å². The number of rotatable bonds is 3. The number of hydrogen-bond acceptors (Lipinski definition) is 1. The van der Waals surface area contributed by atoms with Crippen LogP contribution in [0.3, 0.4) is 0 Å². The molecule has 0 unspecified atom stereocenters. The highest BCUT2D eigenvalue weighted by atomic mass is 32.1. The molecule has 47 heavy (non-hydrogen) atoms. The van der Waals surface area contributed by atoms with Gasteiger partial charge in [-0.1, -0.05) is 146 Å². The predicted octanol–water partition coefficient (Wildman–Crippen LogP) is 13.7. The molecule has 0 saturated heterocycles. The molecule has 10 aromatic rings. The molecular formula is C46H28S. The van der Waals surface area contributed by atoms with Crippen molar-refractivity contribution in [1.82, 2.24) is 0 Å². The molecule has 0 fully saturated rings. The van der Waals surface area contributed by atoms with Crippen LogP contribution in [0.2, 0.25) is 0 Å². The minimum absolute atomic E-state index is 1.24. The van der Waals surface area contributed by atoms with Crippen LogP contribution in [0.1, 0.15) is 0 Å². The lowest BCUT2D eigenvalue weighted by molar-refractivity contribution is 1.66. The Bertz CT molecular complexity index is 2780. The summed E-state index contributed by atoms with van der Waals surface area (Å²) in [6.45, 7) is 0. The molecule has 0 atom stereocenters. The van der Waals surface area contributed by atoms with Gasteiger partial charge in [-0.3, -0.25) is 0 Å². The number of thiophene rings is 1. The van der Waals surface area contributed by atoms with Gasteiger partial charge in [-0.25, -0.2) is 0 Å². The third-order valence-corrected chi connectivity index (χ3v) is 11.0. The Hall–Kier alpha value is -5.76. The molecular weight excluding hydrogens is 585 g/mol. The molecule has 1 heterocycles. The first kappa shape index (κ1) is 26.5. The summed E-state index contributed by atoms with van der Waals surface area (Å²) in [5.74, 6) is 0. The van der Waals surface area contributed by atoms with Crippen molar-refractivity contribution in [3.63, 3.8) is 0 Å². The Morgan fingerprint density at radius 3 is 1.55 bits per heavy atom. The molecule has 1 heteroatoms. The largest absolute Gasteiger partial charge is 0.135 e. The topological polar surface area (TPSA) is 0 Å². The van der Waals surface area contributed by atoms with E-state index in [0.717, 1.165) is 0 Å². The summed E-state index contributed by atoms with van der Waals surface area (Å²) in [6, 6.07) is 62.7. The standard InChI is InChI=1S/C46H28S/c1-2-11-29(12-3-1)44-37-13-4-6-15-39(37)45(40-16-7-5-14-38(40)44)33-24-22-30-27-32(23-21-31(30)28-33)34-18-10-19-36-35(34)25-26-43-46(36)41-17-8-9-20-42(41)47-43/h1-28H. The fourth-order valence-electron chi connectivity index (χ4n) is 7.76. The second-order valence-corrected chi connectivity index (χ2v) is 13.5. The number of benzene rings is 9. The molecule has 0 spiro atoms. The maximum Gasteiger partial charge on any atom is 0.0361 e. The molecule has 0 nitrogen and oxygen atoms in total. The van der Waals surface area contributed by atoms with Gasteiger partial charge in [-0.15, -0.1) is 11.3 Å². The van der Waals surface area contributed by atoms with Gasteiger partial charge in [-0.2, -0.15) is 0 Å². The zero-order valence-electron chi connectivity index (χ0n) is 25.6. The van der Waals surface area contributed by atoms with Gasteiger partial charge in [0.2, 0.25) is 0 Å². The normalized spacial score (nSPS) is 11.8. The third kappa shape index (κ3) is 4.07. The fourth-order valence-corrected chi connectivity index (χ4v) is 8.88. The van der Waals surface area contributed by atoms with E-state index in [1.807, 2.05) is 11.3 Å². The zero-order chi connectivity index (χ0) is 30.9. The van der Waals surface area contributed by atoms with E-state index < -0.39 is 0 Å². The van der Waals surface area contributed by atoms with Crippen molar-refractivity contribution >= 4 is 74.6 Å². The molecule has 0 saturated carbocycles. The zero-order valence-corrected chi connectivity index (χ0v) is 26.4. The number of hydrogen-bond donors (Lipinski definition) is 0. The molecule has 10 rings (SSSR count). The van der Waals surface area contributed by atoms with Crippen LogP contribution in [-0.2, 0) is 0 Å². The Kier molecular flexibility index (Phi) is 5.85. The summed E-state index contributed by atoms with van der Waals surface area (Å²) in [6.07, 6.45) is 0. The molecule has 1 aromatic heterocycles. The monoisotopic (exact) mass is 612 g/mol. The van der Waals surface area contributed by atoms with E-state index in [2.05, 4.69) is 170 Å². The van der Waals surface area contributed by atoms with E-state index in [0.29, 0.717) is 0 Å². The Morgan fingerprint density at radius 1 is 0.298 bits per heavy atom. The molecule has 0 aliphatic heterocycles. The van der Waals surface area contributed by atoms with Crippen LogP contribution >= 0.6 is 11.3 Å². The highest BCUT2D eigenvalue weighted by molar-refractivity contribution is 7.26. The molecule has 0 N–H and O–H groups in total. The van der Waals surface area contributed by atoms with E-state index in [4.69, 9.17) is 0 Å². The molecule has 9 aromatic carbocycles. The van der Waals surface area contributed by atoms with E-state index in [-0.39, 0.29) is 0 Å². The maximum absolute atomic E-state index is 2.37. The predicted molar refractivity (Wildman–Crippen MR) is 206 cm³/mol. The summed E-state index contributed by atoms with van der Waals surface area (Å²) in [5, 5.41) is 13.0. The highest BCUT2D eigenvalue weighted by Crippen LogP contribution is 2.45. The molecule has 0 bridgehead atoms. The van der Waals surface area contributed by atoms with Gasteiger partial charge in [0.05, 0.1) is 0 Å². The van der Waals surface area contributed by atoms with E-state index in [9.17, 15) is 0 Å². The first-order valence-electron chi connectivity index (χ1n) is 16.2. The lowest BCUT2D eigenvalue weighted by atomic mass is 9.85. The van der Waals surface area contributed by atoms with Crippen LogP contribution in [-0.4, -0.2) is 0 Å². The van der Waals surface area contributed by atoms with Crippen molar-refractivity contribution in [2.45, 2.75) is 0 Å². The van der Waals surface area contributed by atoms with E-state index in [1.165, 1.54) is 96.6 Å². The molecule has 0 aliphatic carbocycles. The summed E-state index contributed by atoms with van der Waals surface area (Å²) < 4.78 is 2.69. The van der Waals surface area contributed by atoms with Crippen LogP contribution in [0.5, 0.6) is 0 Å². The molecule has 218 valence electrons. The van der Waals surface area contributed by atoms with Gasteiger partial charge in [0, 0.05) is 20.2 Å². The summed E-state index contributed by atoms with van der Waals surface area (Å²) >= 11 is 1.88. The SMILES string of the molecule is c1ccc(-c2c3ccccc3c(-c3ccc4cc(-c5cccc6c5ccc5sc7ccccc7c56)ccc4c3)c3ccccc23)cc1. The minimum Gasteiger partial charge on any atom is -0.135 e. The van der Waals surface area contributed by atoms with Crippen molar-refractivity contribution < 1.29 is 0 Å². The number of fused-ring (bicyclic) bond motifs is 8. The van der Waals surface area contributed by atoms with Crippen molar-refractivity contribution in [3.8, 4) is 33.4 Å². The Labute approximate surface area is 276 Å². The van der Waals surface area contributed by atoms with Gasteiger partial charge >= 0.3 is 0 Å². The highest BCUT2D eigenvalue weighted by Gasteiger charge is 2.17. The second-order valence-electron chi connectivity index (χ2n) is 12.4. The van der Waals surface area contributed by atoms with Crippen LogP contribution < -0.4 is 0 Å². The summed E-state index contributed by atoms with van der Waals surface area (Å²) in [4.78, 5) is 0. The van der Waals surface area contributed by atoms with E-state index in [1.54, 1.807) is 0 Å². The van der Waals surface area contributed by atoms with Gasteiger partial charge in [0.15, 0.2) is 0 Å². The third-order valence-electron chi connectivity index (χ3n) is 9.83. The van der Waals surface area contributed by atoms with Gasteiger partial charge in [-0.05, 0) is 101 Å². The molecule has 0 radical (unpaired) electrons. The van der Waals surface area contributed by atoms with Gasteiger partial charge < -0.3 is 0 Å². The summed E-state index contributed by atoms with van der Waals surface area (Å²) in [5.41, 5.74) is 7.61. The Balaban J connectivity index is 1.15. The second kappa shape index (κ2) is 10.4. The van der Waals surface area contributed by atoms with E-state index >= 15 is 0 Å². The average molecular weight is 613 g/mol. The van der Waals surface area contributed by atoms with Crippen molar-refractivity contribution in [2.75, 3.05) is 0 Å². The lowest BCUT2D eigenvalue weighted by Gasteiger charge is -2.18. The Morgan fingerprint density at radius 2 is 0.851 bits per heavy atom. The van der Waals surface area contributed by atoms with Gasteiger partial charge in [0.1, 0.15) is 0 Å². The molecule has 0 aliphatic rings. The maximum atomic E-state index is 2.37. The average Bonchev–Trinajstić information content (AvgIpc) is 3.53. The van der Waals surface area contributed by atoms with Crippen LogP contribution in [0.4, 0.5) is 0 Å². The first-order valence-corrected chi connectivity index (χ1v) is 17.0. The quantitative estimate of drug-likeness (QED) is 0.174. The van der Waals surface area contributed by atoms with Crippen LogP contribution in [0, 0.1) is 0 Å². The van der Waals surface area contributed by atoms with Gasteiger partial charge in [0.25, 0.3) is 0 Å². The van der Waals surface area contributed by atoms with Crippen LogP contribution in [0.25, 0.3) is 96.6 Å². The molecule has 0 amide bonds. The smallest absolute Gasteiger partial charge is 0.0361 e. The lowest BCUT2D eigenvalue weighted by Crippen LogP contribution is -1.91.